The first-order valence-electron chi connectivity index (χ1n) is 10.6. The molecule has 3 rings (SSSR count). The van der Waals surface area contributed by atoms with Gasteiger partial charge in [-0.1, -0.05) is 44.2 Å². The average molecular weight is 453 g/mol. The molecule has 0 bridgehead atoms. The molecule has 0 spiro atoms. The second-order valence-corrected chi connectivity index (χ2v) is 9.12. The molecule has 6 nitrogen and oxygen atoms in total. The highest BCUT2D eigenvalue weighted by Crippen LogP contribution is 2.23. The molecule has 2 N–H and O–H groups in total. The van der Waals surface area contributed by atoms with E-state index in [1.165, 1.54) is 24.3 Å². The third-order valence-corrected chi connectivity index (χ3v) is 6.43. The topological polar surface area (TPSA) is 84.5 Å². The van der Waals surface area contributed by atoms with Gasteiger partial charge < -0.3 is 10.1 Å². The number of amides is 1. The predicted octanol–water partition coefficient (Wildman–Crippen LogP) is 4.94. The van der Waals surface area contributed by atoms with E-state index in [1.807, 2.05) is 45.0 Å². The van der Waals surface area contributed by atoms with Crippen LogP contribution in [0.4, 0.5) is 11.4 Å². The second-order valence-electron chi connectivity index (χ2n) is 7.44. The van der Waals surface area contributed by atoms with Crippen molar-refractivity contribution in [3.8, 4) is 5.75 Å². The molecule has 3 aromatic rings. The van der Waals surface area contributed by atoms with Crippen molar-refractivity contribution in [1.82, 2.24) is 0 Å². The van der Waals surface area contributed by atoms with Crippen molar-refractivity contribution in [2.45, 2.75) is 38.5 Å². The first-order chi connectivity index (χ1) is 15.3. The van der Waals surface area contributed by atoms with Crippen LogP contribution in [0, 0.1) is 6.92 Å². The number of carbonyl (C=O) groups excluding carboxylic acids is 1. The van der Waals surface area contributed by atoms with Gasteiger partial charge in [0.1, 0.15) is 5.75 Å². The number of sulfonamides is 1. The Labute approximate surface area is 189 Å². The first-order valence-corrected chi connectivity index (χ1v) is 12.0. The Morgan fingerprint density at radius 1 is 0.906 bits per heavy atom. The molecule has 0 aliphatic heterocycles. The minimum absolute atomic E-state index is 0.111. The number of rotatable bonds is 9. The molecule has 7 heteroatoms. The summed E-state index contributed by atoms with van der Waals surface area (Å²) in [5, 5.41) is 2.95. The molecule has 0 aromatic heterocycles. The van der Waals surface area contributed by atoms with Gasteiger partial charge in [0.15, 0.2) is 6.61 Å². The number of carbonyl (C=O) groups is 1. The lowest BCUT2D eigenvalue weighted by molar-refractivity contribution is -0.118. The normalized spacial score (nSPS) is 11.1. The van der Waals surface area contributed by atoms with Crippen LogP contribution in [-0.2, 0) is 27.7 Å². The Morgan fingerprint density at radius 3 is 2.12 bits per heavy atom. The van der Waals surface area contributed by atoms with Crippen molar-refractivity contribution >= 4 is 27.3 Å². The number of hydrogen-bond acceptors (Lipinski definition) is 4. The highest BCUT2D eigenvalue weighted by molar-refractivity contribution is 7.92. The van der Waals surface area contributed by atoms with Gasteiger partial charge in [-0.15, -0.1) is 0 Å². The Bertz CT molecular complexity index is 1170. The Balaban J connectivity index is 1.62. The molecular formula is C25H28N2O4S. The van der Waals surface area contributed by atoms with E-state index in [9.17, 15) is 13.2 Å². The second kappa shape index (κ2) is 10.3. The predicted molar refractivity (Wildman–Crippen MR) is 128 cm³/mol. The summed E-state index contributed by atoms with van der Waals surface area (Å²) in [6, 6.07) is 19.1. The van der Waals surface area contributed by atoms with E-state index < -0.39 is 10.0 Å². The summed E-state index contributed by atoms with van der Waals surface area (Å²) in [6.07, 6.45) is 1.63. The fraction of sp³-hybridized carbons (Fsp3) is 0.240. The van der Waals surface area contributed by atoms with Crippen LogP contribution in [0.3, 0.4) is 0 Å². The molecule has 0 saturated carbocycles. The summed E-state index contributed by atoms with van der Waals surface area (Å²) in [6.45, 7) is 5.81. The van der Waals surface area contributed by atoms with Crippen LogP contribution in [0.5, 0.6) is 5.75 Å². The highest BCUT2D eigenvalue weighted by Gasteiger charge is 2.15. The van der Waals surface area contributed by atoms with Crippen LogP contribution < -0.4 is 14.8 Å². The largest absolute Gasteiger partial charge is 0.484 e. The monoisotopic (exact) mass is 452 g/mol. The fourth-order valence-electron chi connectivity index (χ4n) is 3.37. The van der Waals surface area contributed by atoms with Crippen molar-refractivity contribution in [1.29, 1.82) is 0 Å². The molecule has 0 saturated heterocycles. The number of hydrogen-bond donors (Lipinski definition) is 2. The van der Waals surface area contributed by atoms with E-state index in [0.717, 1.165) is 35.2 Å². The minimum atomic E-state index is -3.72. The van der Waals surface area contributed by atoms with E-state index >= 15 is 0 Å². The molecule has 0 aliphatic carbocycles. The molecule has 0 atom stereocenters. The van der Waals surface area contributed by atoms with Crippen molar-refractivity contribution in [3.63, 3.8) is 0 Å². The molecule has 0 heterocycles. The van der Waals surface area contributed by atoms with E-state index in [-0.39, 0.29) is 17.4 Å². The highest BCUT2D eigenvalue weighted by atomic mass is 32.2. The van der Waals surface area contributed by atoms with Gasteiger partial charge in [-0.05, 0) is 72.9 Å². The fourth-order valence-corrected chi connectivity index (χ4v) is 4.41. The maximum Gasteiger partial charge on any atom is 0.262 e. The van der Waals surface area contributed by atoms with Crippen LogP contribution in [0.2, 0.25) is 0 Å². The SMILES string of the molecule is CCc1cccc(CC)c1NC(=O)COc1ccc(S(=O)(=O)Nc2cccc(C)c2)cc1. The van der Waals surface area contributed by atoms with Crippen LogP contribution in [0.1, 0.15) is 30.5 Å². The van der Waals surface area contributed by atoms with Gasteiger partial charge in [0.2, 0.25) is 0 Å². The zero-order chi connectivity index (χ0) is 23.1. The molecule has 0 aliphatic rings. The molecule has 32 heavy (non-hydrogen) atoms. The van der Waals surface area contributed by atoms with Gasteiger partial charge >= 0.3 is 0 Å². The van der Waals surface area contributed by atoms with Gasteiger partial charge in [-0.3, -0.25) is 9.52 Å². The van der Waals surface area contributed by atoms with Gasteiger partial charge in [-0.2, -0.15) is 0 Å². The number of benzene rings is 3. The maximum atomic E-state index is 12.6. The smallest absolute Gasteiger partial charge is 0.262 e. The average Bonchev–Trinajstić information content (AvgIpc) is 2.78. The van der Waals surface area contributed by atoms with Crippen LogP contribution >= 0.6 is 0 Å². The lowest BCUT2D eigenvalue weighted by atomic mass is 10.0. The Hall–Kier alpha value is -3.32. The number of ether oxygens (including phenoxy) is 1. The van der Waals surface area contributed by atoms with Crippen molar-refractivity contribution in [2.75, 3.05) is 16.6 Å². The van der Waals surface area contributed by atoms with E-state index in [4.69, 9.17) is 4.74 Å². The van der Waals surface area contributed by atoms with E-state index in [1.54, 1.807) is 18.2 Å². The molecule has 168 valence electrons. The Morgan fingerprint density at radius 2 is 1.53 bits per heavy atom. The quantitative estimate of drug-likeness (QED) is 0.482. The zero-order valence-electron chi connectivity index (χ0n) is 18.5. The number of anilines is 2. The summed E-state index contributed by atoms with van der Waals surface area (Å²) in [7, 11) is -3.72. The number of nitrogens with one attached hydrogen (secondary N) is 2. The standard InChI is InChI=1S/C25H28N2O4S/c1-4-19-9-7-10-20(5-2)25(19)26-24(28)17-31-22-12-14-23(15-13-22)32(29,30)27-21-11-6-8-18(3)16-21/h6-16,27H,4-5,17H2,1-3H3,(H,26,28). The van der Waals surface area contributed by atoms with E-state index in [2.05, 4.69) is 10.0 Å². The van der Waals surface area contributed by atoms with Gasteiger partial charge in [0.25, 0.3) is 15.9 Å². The van der Waals surface area contributed by atoms with Crippen molar-refractivity contribution < 1.29 is 17.9 Å². The maximum absolute atomic E-state index is 12.6. The summed E-state index contributed by atoms with van der Waals surface area (Å²) in [5.74, 6) is 0.146. The van der Waals surface area contributed by atoms with Crippen LogP contribution in [0.15, 0.2) is 71.6 Å². The number of para-hydroxylation sites is 1. The summed E-state index contributed by atoms with van der Waals surface area (Å²) in [4.78, 5) is 12.5. The molecule has 0 radical (unpaired) electrons. The third-order valence-electron chi connectivity index (χ3n) is 5.04. The van der Waals surface area contributed by atoms with Crippen molar-refractivity contribution in [3.05, 3.63) is 83.4 Å². The summed E-state index contributed by atoms with van der Waals surface area (Å²) < 4.78 is 33.3. The lowest BCUT2D eigenvalue weighted by Gasteiger charge is -2.15. The van der Waals surface area contributed by atoms with E-state index in [0.29, 0.717) is 11.4 Å². The van der Waals surface area contributed by atoms with Crippen molar-refractivity contribution in [2.24, 2.45) is 0 Å². The Kier molecular flexibility index (Phi) is 7.53. The van der Waals surface area contributed by atoms with Crippen LogP contribution in [0.25, 0.3) is 0 Å². The minimum Gasteiger partial charge on any atom is -0.484 e. The molecule has 1 amide bonds. The molecule has 3 aromatic carbocycles. The summed E-state index contributed by atoms with van der Waals surface area (Å²) in [5.41, 5.74) is 4.46. The third kappa shape index (κ3) is 5.88. The van der Waals surface area contributed by atoms with Gasteiger partial charge in [0.05, 0.1) is 4.90 Å². The zero-order valence-corrected chi connectivity index (χ0v) is 19.3. The lowest BCUT2D eigenvalue weighted by Crippen LogP contribution is -2.21. The number of aryl methyl sites for hydroxylation is 3. The van der Waals surface area contributed by atoms with Crippen LogP contribution in [-0.4, -0.2) is 20.9 Å². The van der Waals surface area contributed by atoms with Gasteiger partial charge in [-0.25, -0.2) is 8.42 Å². The summed E-state index contributed by atoms with van der Waals surface area (Å²) >= 11 is 0. The molecule has 0 unspecified atom stereocenters. The van der Waals surface area contributed by atoms with Gasteiger partial charge in [0, 0.05) is 11.4 Å². The molecular weight excluding hydrogens is 424 g/mol. The molecule has 0 fully saturated rings. The first kappa shape index (κ1) is 23.3.